The second kappa shape index (κ2) is 11.3. The maximum atomic E-state index is 6.32. The van der Waals surface area contributed by atoms with Crippen molar-refractivity contribution in [1.29, 1.82) is 0 Å². The minimum absolute atomic E-state index is 0.259. The van der Waals surface area contributed by atoms with Gasteiger partial charge in [-0.15, -0.1) is 0 Å². The zero-order valence-electron chi connectivity index (χ0n) is 18.1. The SMILES string of the molecule is CCNC(=NCc1cccc(OC)c1OC1CCCC1)NCc1cccc(OC)n1. The number of pyridine rings is 1. The lowest BCUT2D eigenvalue weighted by Crippen LogP contribution is -2.37. The van der Waals surface area contributed by atoms with E-state index in [4.69, 9.17) is 19.2 Å². The molecule has 0 amide bonds. The molecule has 3 rings (SSSR count). The molecule has 1 aliphatic rings. The first kappa shape index (κ1) is 21.7. The number of aromatic nitrogens is 1. The summed E-state index contributed by atoms with van der Waals surface area (Å²) in [5, 5.41) is 6.61. The quantitative estimate of drug-likeness (QED) is 0.483. The highest BCUT2D eigenvalue weighted by molar-refractivity contribution is 5.79. The van der Waals surface area contributed by atoms with Crippen molar-refractivity contribution in [2.45, 2.75) is 51.8 Å². The van der Waals surface area contributed by atoms with Gasteiger partial charge < -0.3 is 24.8 Å². The third-order valence-corrected chi connectivity index (χ3v) is 5.05. The van der Waals surface area contributed by atoms with E-state index in [1.54, 1.807) is 14.2 Å². The van der Waals surface area contributed by atoms with Crippen molar-refractivity contribution in [2.75, 3.05) is 20.8 Å². The van der Waals surface area contributed by atoms with Crippen molar-refractivity contribution in [2.24, 2.45) is 4.99 Å². The molecule has 0 saturated heterocycles. The number of benzene rings is 1. The molecule has 2 aromatic rings. The Morgan fingerprint density at radius 1 is 1.07 bits per heavy atom. The molecule has 1 fully saturated rings. The number of para-hydroxylation sites is 1. The predicted octanol–water partition coefficient (Wildman–Crippen LogP) is 3.68. The molecular formula is C23H32N4O3. The van der Waals surface area contributed by atoms with Crippen LogP contribution in [0.1, 0.15) is 43.9 Å². The number of ether oxygens (including phenoxy) is 3. The number of guanidine groups is 1. The van der Waals surface area contributed by atoms with E-state index in [2.05, 4.69) is 15.6 Å². The zero-order valence-corrected chi connectivity index (χ0v) is 18.1. The summed E-state index contributed by atoms with van der Waals surface area (Å²) in [4.78, 5) is 9.18. The minimum Gasteiger partial charge on any atom is -0.493 e. The lowest BCUT2D eigenvalue weighted by atomic mass is 10.1. The summed E-state index contributed by atoms with van der Waals surface area (Å²) in [6.45, 7) is 3.84. The van der Waals surface area contributed by atoms with Crippen LogP contribution in [0.4, 0.5) is 0 Å². The van der Waals surface area contributed by atoms with Gasteiger partial charge in [-0.1, -0.05) is 18.2 Å². The van der Waals surface area contributed by atoms with Crippen LogP contribution in [0.15, 0.2) is 41.4 Å². The topological polar surface area (TPSA) is 77.0 Å². The molecule has 0 bridgehead atoms. The number of hydrogen-bond acceptors (Lipinski definition) is 5. The highest BCUT2D eigenvalue weighted by Crippen LogP contribution is 2.35. The fourth-order valence-electron chi connectivity index (χ4n) is 3.50. The van der Waals surface area contributed by atoms with Gasteiger partial charge in [0.1, 0.15) is 0 Å². The van der Waals surface area contributed by atoms with Gasteiger partial charge in [-0.05, 0) is 44.7 Å². The lowest BCUT2D eigenvalue weighted by molar-refractivity contribution is 0.198. The zero-order chi connectivity index (χ0) is 21.2. The molecule has 0 aliphatic heterocycles. The van der Waals surface area contributed by atoms with Gasteiger partial charge in [0.25, 0.3) is 0 Å². The normalized spacial score (nSPS) is 14.4. The predicted molar refractivity (Wildman–Crippen MR) is 118 cm³/mol. The summed E-state index contributed by atoms with van der Waals surface area (Å²) in [6.07, 6.45) is 4.89. The van der Waals surface area contributed by atoms with Crippen LogP contribution in [-0.4, -0.2) is 37.8 Å². The summed E-state index contributed by atoms with van der Waals surface area (Å²) in [5.41, 5.74) is 1.89. The molecule has 0 atom stereocenters. The van der Waals surface area contributed by atoms with Crippen molar-refractivity contribution >= 4 is 5.96 Å². The molecule has 7 heteroatoms. The molecule has 1 saturated carbocycles. The third kappa shape index (κ3) is 6.02. The first-order valence-corrected chi connectivity index (χ1v) is 10.6. The van der Waals surface area contributed by atoms with E-state index in [1.165, 1.54) is 12.8 Å². The van der Waals surface area contributed by atoms with Crippen LogP contribution in [0.25, 0.3) is 0 Å². The molecule has 1 aromatic carbocycles. The highest BCUT2D eigenvalue weighted by Gasteiger charge is 2.20. The molecule has 0 spiro atoms. The molecule has 0 unspecified atom stereocenters. The van der Waals surface area contributed by atoms with Crippen LogP contribution in [0.2, 0.25) is 0 Å². The van der Waals surface area contributed by atoms with Crippen molar-refractivity contribution in [1.82, 2.24) is 15.6 Å². The second-order valence-electron chi connectivity index (χ2n) is 7.19. The Bertz CT molecular complexity index is 835. The Hall–Kier alpha value is -2.96. The molecule has 162 valence electrons. The van der Waals surface area contributed by atoms with E-state index in [0.29, 0.717) is 19.0 Å². The average Bonchev–Trinajstić information content (AvgIpc) is 3.29. The average molecular weight is 413 g/mol. The monoisotopic (exact) mass is 412 g/mol. The molecule has 1 heterocycles. The number of aliphatic imine (C=N–C) groups is 1. The molecular weight excluding hydrogens is 380 g/mol. The first-order valence-electron chi connectivity index (χ1n) is 10.6. The number of hydrogen-bond donors (Lipinski definition) is 2. The largest absolute Gasteiger partial charge is 0.493 e. The van der Waals surface area contributed by atoms with Gasteiger partial charge in [0.2, 0.25) is 5.88 Å². The Balaban J connectivity index is 1.71. The summed E-state index contributed by atoms with van der Waals surface area (Å²) >= 11 is 0. The number of rotatable bonds is 9. The van der Waals surface area contributed by atoms with E-state index >= 15 is 0 Å². The van der Waals surface area contributed by atoms with Gasteiger partial charge in [0.15, 0.2) is 17.5 Å². The maximum Gasteiger partial charge on any atom is 0.213 e. The van der Waals surface area contributed by atoms with E-state index in [-0.39, 0.29) is 6.10 Å². The number of nitrogens with one attached hydrogen (secondary N) is 2. The van der Waals surface area contributed by atoms with Crippen LogP contribution in [0.3, 0.4) is 0 Å². The molecule has 7 nitrogen and oxygen atoms in total. The minimum atomic E-state index is 0.259. The van der Waals surface area contributed by atoms with E-state index < -0.39 is 0 Å². The first-order chi connectivity index (χ1) is 14.7. The smallest absolute Gasteiger partial charge is 0.213 e. The summed E-state index contributed by atoms with van der Waals surface area (Å²) < 4.78 is 17.1. The van der Waals surface area contributed by atoms with E-state index in [1.807, 2.05) is 43.3 Å². The summed E-state index contributed by atoms with van der Waals surface area (Å²) in [5.74, 6) is 2.88. The highest BCUT2D eigenvalue weighted by atomic mass is 16.5. The fourth-order valence-corrected chi connectivity index (χ4v) is 3.50. The van der Waals surface area contributed by atoms with E-state index in [0.717, 1.165) is 48.1 Å². The van der Waals surface area contributed by atoms with Gasteiger partial charge in [0, 0.05) is 18.2 Å². The molecule has 0 radical (unpaired) electrons. The van der Waals surface area contributed by atoms with Crippen LogP contribution < -0.4 is 24.8 Å². The molecule has 30 heavy (non-hydrogen) atoms. The van der Waals surface area contributed by atoms with Crippen LogP contribution in [0.5, 0.6) is 17.4 Å². The summed E-state index contributed by atoms with van der Waals surface area (Å²) in [7, 11) is 3.29. The number of nitrogens with zero attached hydrogens (tertiary/aromatic N) is 2. The Labute approximate surface area is 178 Å². The van der Waals surface area contributed by atoms with E-state index in [9.17, 15) is 0 Å². The van der Waals surface area contributed by atoms with Gasteiger partial charge in [0.05, 0.1) is 39.1 Å². The lowest BCUT2D eigenvalue weighted by Gasteiger charge is -2.19. The molecule has 2 N–H and O–H groups in total. The standard InChI is InChI=1S/C23H32N4O3/c1-4-24-23(26-16-18-10-8-14-21(27-18)29-3)25-15-17-9-7-13-20(28-2)22(17)30-19-11-5-6-12-19/h7-10,13-14,19H,4-6,11-12,15-16H2,1-3H3,(H2,24,25,26). The fraction of sp³-hybridized carbons (Fsp3) is 0.478. The molecule has 1 aromatic heterocycles. The van der Waals surface area contributed by atoms with Crippen molar-refractivity contribution in [3.8, 4) is 17.4 Å². The van der Waals surface area contributed by atoms with Gasteiger partial charge in [-0.25, -0.2) is 9.98 Å². The van der Waals surface area contributed by atoms with Gasteiger partial charge in [-0.3, -0.25) is 0 Å². The third-order valence-electron chi connectivity index (χ3n) is 5.05. The van der Waals surface area contributed by atoms with Crippen LogP contribution >= 0.6 is 0 Å². The summed E-state index contributed by atoms with van der Waals surface area (Å²) in [6, 6.07) is 11.7. The van der Waals surface area contributed by atoms with Crippen LogP contribution in [-0.2, 0) is 13.1 Å². The van der Waals surface area contributed by atoms with Crippen molar-refractivity contribution < 1.29 is 14.2 Å². The maximum absolute atomic E-state index is 6.32. The van der Waals surface area contributed by atoms with Gasteiger partial charge in [-0.2, -0.15) is 0 Å². The van der Waals surface area contributed by atoms with Crippen LogP contribution in [0, 0.1) is 0 Å². The molecule has 1 aliphatic carbocycles. The van der Waals surface area contributed by atoms with Crippen molar-refractivity contribution in [3.05, 3.63) is 47.7 Å². The Morgan fingerprint density at radius 2 is 1.87 bits per heavy atom. The Morgan fingerprint density at radius 3 is 2.60 bits per heavy atom. The van der Waals surface area contributed by atoms with Gasteiger partial charge >= 0.3 is 0 Å². The van der Waals surface area contributed by atoms with Crippen molar-refractivity contribution in [3.63, 3.8) is 0 Å². The number of methoxy groups -OCH3 is 2. The Kier molecular flexibility index (Phi) is 8.18. The second-order valence-corrected chi connectivity index (χ2v) is 7.19.